The summed E-state index contributed by atoms with van der Waals surface area (Å²) in [5.41, 5.74) is 4.28. The van der Waals surface area contributed by atoms with Gasteiger partial charge >= 0.3 is 5.97 Å². The van der Waals surface area contributed by atoms with Gasteiger partial charge in [0.15, 0.2) is 0 Å². The molecule has 4 nitrogen and oxygen atoms in total. The summed E-state index contributed by atoms with van der Waals surface area (Å²) in [6.45, 7) is 0. The molecule has 0 heterocycles. The van der Waals surface area contributed by atoms with Crippen LogP contribution in [0, 0.1) is 11.6 Å². The van der Waals surface area contributed by atoms with Crippen LogP contribution in [0.5, 0.6) is 5.75 Å². The highest BCUT2D eigenvalue weighted by Crippen LogP contribution is 2.33. The first-order chi connectivity index (χ1) is 6.86. The van der Waals surface area contributed by atoms with E-state index in [4.69, 9.17) is 15.9 Å². The molecule has 0 saturated carbocycles. The molecule has 4 N–H and O–H groups in total. The first-order valence-electron chi connectivity index (χ1n) is 3.71. The van der Waals surface area contributed by atoms with Crippen molar-refractivity contribution in [2.24, 2.45) is 5.73 Å². The predicted octanol–water partition coefficient (Wildman–Crippen LogP) is 1.52. The maximum Gasteiger partial charge on any atom is 0.325 e. The molecule has 0 fully saturated rings. The van der Waals surface area contributed by atoms with Gasteiger partial charge in [0.2, 0.25) is 0 Å². The van der Waals surface area contributed by atoms with Crippen LogP contribution in [-0.4, -0.2) is 16.2 Å². The van der Waals surface area contributed by atoms with Crippen LogP contribution in [0.25, 0.3) is 0 Å². The number of aliphatic carboxylic acids is 1. The van der Waals surface area contributed by atoms with E-state index in [0.717, 1.165) is 0 Å². The second kappa shape index (κ2) is 4.11. The lowest BCUT2D eigenvalue weighted by Crippen LogP contribution is -2.23. The summed E-state index contributed by atoms with van der Waals surface area (Å²) in [5, 5.41) is 17.5. The topological polar surface area (TPSA) is 83.6 Å². The summed E-state index contributed by atoms with van der Waals surface area (Å²) in [4.78, 5) is 10.5. The average Bonchev–Trinajstić information content (AvgIpc) is 2.14. The van der Waals surface area contributed by atoms with Crippen LogP contribution in [0.3, 0.4) is 0 Å². The summed E-state index contributed by atoms with van der Waals surface area (Å²) < 4.78 is 26.1. The lowest BCUT2D eigenvalue weighted by Gasteiger charge is -2.11. The molecule has 1 unspecified atom stereocenters. The summed E-state index contributed by atoms with van der Waals surface area (Å²) in [6, 6.07) is -1.23. The number of phenols is 1. The van der Waals surface area contributed by atoms with Crippen LogP contribution in [0.4, 0.5) is 8.78 Å². The highest BCUT2D eigenvalue weighted by atomic mass is 79.9. The van der Waals surface area contributed by atoms with Gasteiger partial charge in [-0.3, -0.25) is 4.79 Å². The monoisotopic (exact) mass is 281 g/mol. The van der Waals surface area contributed by atoms with Crippen molar-refractivity contribution in [2.45, 2.75) is 6.04 Å². The Morgan fingerprint density at radius 3 is 2.53 bits per heavy atom. The molecular formula is C8H6BrF2NO3. The van der Waals surface area contributed by atoms with Gasteiger partial charge in [0.1, 0.15) is 23.4 Å². The van der Waals surface area contributed by atoms with E-state index >= 15 is 0 Å². The number of carboxylic acid groups (broad SMARTS) is 1. The smallest absolute Gasteiger partial charge is 0.325 e. The Balaban J connectivity index is 3.42. The fourth-order valence-corrected chi connectivity index (χ4v) is 1.33. The van der Waals surface area contributed by atoms with Crippen LogP contribution >= 0.6 is 15.9 Å². The number of carboxylic acids is 1. The van der Waals surface area contributed by atoms with Crippen molar-refractivity contribution in [3.05, 3.63) is 27.7 Å². The van der Waals surface area contributed by atoms with Crippen LogP contribution < -0.4 is 5.73 Å². The Morgan fingerprint density at radius 2 is 2.07 bits per heavy atom. The Kier molecular flexibility index (Phi) is 3.25. The minimum absolute atomic E-state index is 0.421. The predicted molar refractivity (Wildman–Crippen MR) is 50.3 cm³/mol. The Morgan fingerprint density at radius 1 is 1.53 bits per heavy atom. The quantitative estimate of drug-likeness (QED) is 0.718. The lowest BCUT2D eigenvalue weighted by molar-refractivity contribution is -0.138. The molecule has 0 aliphatic heterocycles. The van der Waals surface area contributed by atoms with Crippen molar-refractivity contribution in [2.75, 3.05) is 0 Å². The molecule has 1 aromatic rings. The largest absolute Gasteiger partial charge is 0.507 e. The van der Waals surface area contributed by atoms with Crippen LogP contribution in [-0.2, 0) is 4.79 Å². The number of benzene rings is 1. The van der Waals surface area contributed by atoms with Gasteiger partial charge in [-0.15, -0.1) is 0 Å². The van der Waals surface area contributed by atoms with E-state index in [1.807, 2.05) is 0 Å². The van der Waals surface area contributed by atoms with Gasteiger partial charge in [0, 0.05) is 6.07 Å². The van der Waals surface area contributed by atoms with Gasteiger partial charge in [0.25, 0.3) is 0 Å². The van der Waals surface area contributed by atoms with E-state index in [9.17, 15) is 13.6 Å². The molecule has 1 rings (SSSR count). The first kappa shape index (κ1) is 11.9. The number of nitrogens with two attached hydrogens (primary N) is 1. The van der Waals surface area contributed by atoms with Gasteiger partial charge in [0.05, 0.1) is 10.0 Å². The minimum atomic E-state index is -1.82. The van der Waals surface area contributed by atoms with Gasteiger partial charge in [-0.05, 0) is 15.9 Å². The number of hydrogen-bond acceptors (Lipinski definition) is 3. The number of phenolic OH excluding ortho intramolecular Hbond substituents is 1. The SMILES string of the molecule is NC(C(=O)O)c1c(F)cc(O)c(Br)c1F. The summed E-state index contributed by atoms with van der Waals surface area (Å²) in [5.74, 6) is -4.65. The standard InChI is InChI=1S/C8H6BrF2NO3/c9-5-3(13)1-2(10)4(6(5)11)7(12)8(14)15/h1,7,13H,12H2,(H,14,15). The van der Waals surface area contributed by atoms with Crippen molar-refractivity contribution < 1.29 is 23.8 Å². The highest BCUT2D eigenvalue weighted by Gasteiger charge is 2.26. The van der Waals surface area contributed by atoms with E-state index in [1.54, 1.807) is 0 Å². The highest BCUT2D eigenvalue weighted by molar-refractivity contribution is 9.10. The average molecular weight is 282 g/mol. The summed E-state index contributed by atoms with van der Waals surface area (Å²) in [7, 11) is 0. The second-order valence-electron chi connectivity index (χ2n) is 2.74. The van der Waals surface area contributed by atoms with Gasteiger partial charge < -0.3 is 15.9 Å². The van der Waals surface area contributed by atoms with Crippen molar-refractivity contribution >= 4 is 21.9 Å². The fourth-order valence-electron chi connectivity index (χ4n) is 1.01. The summed E-state index contributed by atoms with van der Waals surface area (Å²) >= 11 is 2.64. The number of aromatic hydroxyl groups is 1. The molecule has 0 spiro atoms. The van der Waals surface area contributed by atoms with Crippen LogP contribution in [0.15, 0.2) is 10.5 Å². The molecule has 0 aliphatic carbocycles. The zero-order chi connectivity index (χ0) is 11.7. The third kappa shape index (κ3) is 2.07. The minimum Gasteiger partial charge on any atom is -0.507 e. The zero-order valence-corrected chi connectivity index (χ0v) is 8.75. The molecular weight excluding hydrogens is 276 g/mol. The van der Waals surface area contributed by atoms with Crippen molar-refractivity contribution in [1.29, 1.82) is 0 Å². The fraction of sp³-hybridized carbons (Fsp3) is 0.125. The number of carbonyl (C=O) groups is 1. The molecule has 15 heavy (non-hydrogen) atoms. The molecule has 0 amide bonds. The molecule has 0 aromatic heterocycles. The van der Waals surface area contributed by atoms with E-state index in [2.05, 4.69) is 15.9 Å². The van der Waals surface area contributed by atoms with E-state index in [1.165, 1.54) is 0 Å². The lowest BCUT2D eigenvalue weighted by atomic mass is 10.1. The van der Waals surface area contributed by atoms with E-state index < -0.39 is 39.4 Å². The Labute approximate surface area is 91.4 Å². The summed E-state index contributed by atoms with van der Waals surface area (Å²) in [6.07, 6.45) is 0. The van der Waals surface area contributed by atoms with Gasteiger partial charge in [-0.1, -0.05) is 0 Å². The van der Waals surface area contributed by atoms with Crippen molar-refractivity contribution in [3.63, 3.8) is 0 Å². The van der Waals surface area contributed by atoms with E-state index in [-0.39, 0.29) is 0 Å². The van der Waals surface area contributed by atoms with Crippen LogP contribution in [0.1, 0.15) is 11.6 Å². The number of hydrogen-bond donors (Lipinski definition) is 3. The molecule has 0 aliphatic rings. The number of halogens is 3. The third-order valence-corrected chi connectivity index (χ3v) is 2.51. The molecule has 82 valence electrons. The first-order valence-corrected chi connectivity index (χ1v) is 4.50. The zero-order valence-electron chi connectivity index (χ0n) is 7.17. The van der Waals surface area contributed by atoms with Crippen molar-refractivity contribution in [1.82, 2.24) is 0 Å². The maximum atomic E-state index is 13.3. The number of rotatable bonds is 2. The molecule has 0 bridgehead atoms. The molecule has 1 aromatic carbocycles. The Hall–Kier alpha value is -1.21. The molecule has 1 atom stereocenters. The third-order valence-electron chi connectivity index (χ3n) is 1.75. The normalized spacial score (nSPS) is 12.5. The molecule has 0 saturated heterocycles. The van der Waals surface area contributed by atoms with Gasteiger partial charge in [-0.25, -0.2) is 8.78 Å². The second-order valence-corrected chi connectivity index (χ2v) is 3.53. The molecule has 7 heteroatoms. The van der Waals surface area contributed by atoms with Crippen LogP contribution in [0.2, 0.25) is 0 Å². The Bertz CT molecular complexity index is 425. The van der Waals surface area contributed by atoms with Crippen molar-refractivity contribution in [3.8, 4) is 5.75 Å². The maximum absolute atomic E-state index is 13.3. The van der Waals surface area contributed by atoms with E-state index in [0.29, 0.717) is 6.07 Å². The molecule has 0 radical (unpaired) electrons. The van der Waals surface area contributed by atoms with Gasteiger partial charge in [-0.2, -0.15) is 0 Å².